The number of rotatable bonds is 4. The number of nitrogens with two attached hydrogens (primary N) is 1. The van der Waals surface area contributed by atoms with Gasteiger partial charge >= 0.3 is 6.03 Å². The summed E-state index contributed by atoms with van der Waals surface area (Å²) in [6.45, 7) is 4.05. The lowest BCUT2D eigenvalue weighted by Crippen LogP contribution is -2.29. The average Bonchev–Trinajstić information content (AvgIpc) is 3.33. The molecule has 1 unspecified atom stereocenters. The standard InChI is InChI=1S/C25H23F3N6O/c1-13(2)33-10-18(22-23(29)30-12-31-24(22)33)16-7-5-15(9-20(16)28)34-11-21(32(3)25(34)35)17-6-4-14(26)8-19(17)27/h4-10,12-13,21H,11H2,1-3H3,(H2,29,30,31). The van der Waals surface area contributed by atoms with Crippen LogP contribution in [0.5, 0.6) is 0 Å². The minimum Gasteiger partial charge on any atom is -0.383 e. The number of halogens is 3. The molecule has 2 aromatic carbocycles. The Kier molecular flexibility index (Phi) is 5.38. The third kappa shape index (κ3) is 3.65. The number of benzene rings is 2. The highest BCUT2D eigenvalue weighted by Gasteiger charge is 2.38. The molecule has 4 aromatic rings. The fraction of sp³-hybridized carbons (Fsp3) is 0.240. The first-order valence-corrected chi connectivity index (χ1v) is 11.1. The van der Waals surface area contributed by atoms with Gasteiger partial charge in [0.15, 0.2) is 0 Å². The van der Waals surface area contributed by atoms with E-state index < -0.39 is 29.5 Å². The number of hydrogen-bond donors (Lipinski definition) is 1. The zero-order valence-electron chi connectivity index (χ0n) is 19.3. The van der Waals surface area contributed by atoms with Gasteiger partial charge in [0.1, 0.15) is 35.2 Å². The van der Waals surface area contributed by atoms with E-state index in [1.165, 1.54) is 35.3 Å². The van der Waals surface area contributed by atoms with Crippen molar-refractivity contribution in [2.24, 2.45) is 0 Å². The van der Waals surface area contributed by atoms with E-state index in [-0.39, 0.29) is 24.0 Å². The van der Waals surface area contributed by atoms with Crippen LogP contribution in [0.15, 0.2) is 48.9 Å². The van der Waals surface area contributed by atoms with Gasteiger partial charge in [-0.2, -0.15) is 0 Å². The number of likely N-dealkylation sites (N-methyl/N-ethyl adjacent to an activating group) is 1. The number of carbonyl (C=O) groups excluding carboxylic acids is 1. The molecule has 1 fully saturated rings. The Morgan fingerprint density at radius 1 is 1.03 bits per heavy atom. The van der Waals surface area contributed by atoms with Crippen LogP contribution >= 0.6 is 0 Å². The number of amides is 2. The molecule has 0 radical (unpaired) electrons. The lowest BCUT2D eigenvalue weighted by atomic mass is 10.0. The summed E-state index contributed by atoms with van der Waals surface area (Å²) in [7, 11) is 1.53. The highest BCUT2D eigenvalue weighted by Crippen LogP contribution is 2.38. The quantitative estimate of drug-likeness (QED) is 0.430. The molecule has 5 rings (SSSR count). The molecule has 2 N–H and O–H groups in total. The van der Waals surface area contributed by atoms with Crippen LogP contribution in [0, 0.1) is 17.5 Å². The van der Waals surface area contributed by atoms with Gasteiger partial charge in [-0.1, -0.05) is 6.07 Å². The molecule has 35 heavy (non-hydrogen) atoms. The second-order valence-corrected chi connectivity index (χ2v) is 8.85. The Morgan fingerprint density at radius 3 is 2.49 bits per heavy atom. The minimum absolute atomic E-state index is 0.0597. The Morgan fingerprint density at radius 2 is 1.80 bits per heavy atom. The monoisotopic (exact) mass is 480 g/mol. The molecule has 0 bridgehead atoms. The topological polar surface area (TPSA) is 80.3 Å². The minimum atomic E-state index is -0.737. The van der Waals surface area contributed by atoms with Gasteiger partial charge in [-0.3, -0.25) is 4.90 Å². The summed E-state index contributed by atoms with van der Waals surface area (Å²) in [6, 6.07) is 6.73. The van der Waals surface area contributed by atoms with Crippen molar-refractivity contribution in [2.45, 2.75) is 25.9 Å². The molecule has 1 saturated heterocycles. The lowest BCUT2D eigenvalue weighted by Gasteiger charge is -2.18. The predicted molar refractivity (Wildman–Crippen MR) is 127 cm³/mol. The smallest absolute Gasteiger partial charge is 0.324 e. The Bertz CT molecular complexity index is 1470. The molecule has 10 heteroatoms. The third-order valence-corrected chi connectivity index (χ3v) is 6.43. The van der Waals surface area contributed by atoms with Gasteiger partial charge in [0.2, 0.25) is 0 Å². The first-order chi connectivity index (χ1) is 16.7. The first-order valence-electron chi connectivity index (χ1n) is 11.1. The van der Waals surface area contributed by atoms with Gasteiger partial charge in [-0.15, -0.1) is 0 Å². The van der Waals surface area contributed by atoms with E-state index in [9.17, 15) is 13.6 Å². The third-order valence-electron chi connectivity index (χ3n) is 6.43. The molecule has 2 amide bonds. The summed E-state index contributed by atoms with van der Waals surface area (Å²) in [5.74, 6) is -1.74. The zero-order chi connectivity index (χ0) is 25.0. The van der Waals surface area contributed by atoms with Crippen molar-refractivity contribution in [1.29, 1.82) is 0 Å². The fourth-order valence-electron chi connectivity index (χ4n) is 4.59. The van der Waals surface area contributed by atoms with Crippen molar-refractivity contribution >= 4 is 28.6 Å². The van der Waals surface area contributed by atoms with Crippen LogP contribution < -0.4 is 10.6 Å². The molecule has 0 aliphatic carbocycles. The summed E-state index contributed by atoms with van der Waals surface area (Å²) in [5.41, 5.74) is 8.07. The Balaban J connectivity index is 1.52. The summed E-state index contributed by atoms with van der Waals surface area (Å²) in [4.78, 5) is 24.0. The second-order valence-electron chi connectivity index (χ2n) is 8.85. The molecule has 1 aliphatic heterocycles. The maximum atomic E-state index is 15.5. The van der Waals surface area contributed by atoms with Crippen LogP contribution in [-0.2, 0) is 0 Å². The molecule has 1 aliphatic rings. The van der Waals surface area contributed by atoms with Crippen molar-refractivity contribution in [3.63, 3.8) is 0 Å². The summed E-state index contributed by atoms with van der Waals surface area (Å²) < 4.78 is 45.1. The Labute approximate surface area is 199 Å². The number of nitrogens with zero attached hydrogens (tertiary/aromatic N) is 5. The van der Waals surface area contributed by atoms with E-state index in [0.717, 1.165) is 12.1 Å². The van der Waals surface area contributed by atoms with Gasteiger partial charge in [-0.25, -0.2) is 27.9 Å². The Hall–Kier alpha value is -4.08. The average molecular weight is 480 g/mol. The number of nitrogen functional groups attached to an aromatic ring is 1. The van der Waals surface area contributed by atoms with Crippen LogP contribution in [0.1, 0.15) is 31.5 Å². The van der Waals surface area contributed by atoms with Gasteiger partial charge in [0.25, 0.3) is 0 Å². The summed E-state index contributed by atoms with van der Waals surface area (Å²) in [5, 5.41) is 0.552. The van der Waals surface area contributed by atoms with E-state index >= 15 is 4.39 Å². The molecule has 0 spiro atoms. The largest absolute Gasteiger partial charge is 0.383 e. The summed E-state index contributed by atoms with van der Waals surface area (Å²) >= 11 is 0. The van der Waals surface area contributed by atoms with Gasteiger partial charge in [0.05, 0.1) is 18.0 Å². The van der Waals surface area contributed by atoms with Crippen molar-refractivity contribution in [3.05, 3.63) is 71.9 Å². The number of urea groups is 1. The molecule has 2 aromatic heterocycles. The highest BCUT2D eigenvalue weighted by molar-refractivity contribution is 6.01. The van der Waals surface area contributed by atoms with E-state index in [1.807, 2.05) is 18.4 Å². The van der Waals surface area contributed by atoms with Crippen molar-refractivity contribution in [3.8, 4) is 11.1 Å². The maximum Gasteiger partial charge on any atom is 0.324 e. The molecule has 1 atom stereocenters. The van der Waals surface area contributed by atoms with Crippen molar-refractivity contribution in [2.75, 3.05) is 24.2 Å². The number of carbonyl (C=O) groups is 1. The maximum absolute atomic E-state index is 15.5. The molecule has 180 valence electrons. The van der Waals surface area contributed by atoms with E-state index in [1.54, 1.807) is 18.3 Å². The van der Waals surface area contributed by atoms with Gasteiger partial charge in [-0.05, 0) is 38.1 Å². The van der Waals surface area contributed by atoms with E-state index in [4.69, 9.17) is 5.73 Å². The van der Waals surface area contributed by atoms with E-state index in [2.05, 4.69) is 9.97 Å². The highest BCUT2D eigenvalue weighted by atomic mass is 19.1. The SMILES string of the molecule is CC(C)n1cc(-c2ccc(N3CC(c4ccc(F)cc4F)N(C)C3=O)cc2F)c2c(N)ncnc21. The zero-order valence-corrected chi connectivity index (χ0v) is 19.3. The van der Waals surface area contributed by atoms with Crippen molar-refractivity contribution in [1.82, 2.24) is 19.4 Å². The number of anilines is 2. The van der Waals surface area contributed by atoms with Gasteiger partial charge in [0, 0.05) is 47.7 Å². The second kappa shape index (κ2) is 8.30. The first kappa shape index (κ1) is 22.7. The van der Waals surface area contributed by atoms with Crippen LogP contribution in [0.2, 0.25) is 0 Å². The molecular weight excluding hydrogens is 457 g/mol. The lowest BCUT2D eigenvalue weighted by molar-refractivity contribution is 0.218. The van der Waals surface area contributed by atoms with Gasteiger partial charge < -0.3 is 15.2 Å². The number of hydrogen-bond acceptors (Lipinski definition) is 4. The van der Waals surface area contributed by atoms with Crippen LogP contribution in [-0.4, -0.2) is 39.1 Å². The molecule has 0 saturated carbocycles. The normalized spacial score (nSPS) is 16.2. The number of fused-ring (bicyclic) bond motifs is 1. The van der Waals surface area contributed by atoms with Crippen molar-refractivity contribution < 1.29 is 18.0 Å². The van der Waals surface area contributed by atoms with Crippen LogP contribution in [0.25, 0.3) is 22.2 Å². The summed E-state index contributed by atoms with van der Waals surface area (Å²) in [6.07, 6.45) is 3.16. The van der Waals surface area contributed by atoms with Crippen LogP contribution in [0.4, 0.5) is 29.5 Å². The molecule has 3 heterocycles. The molecular formula is C25H23F3N6O. The predicted octanol–water partition coefficient (Wildman–Crippen LogP) is 5.29. The number of aromatic nitrogens is 3. The fourth-order valence-corrected chi connectivity index (χ4v) is 4.59. The van der Waals surface area contributed by atoms with Crippen LogP contribution in [0.3, 0.4) is 0 Å². The van der Waals surface area contributed by atoms with E-state index in [0.29, 0.717) is 27.8 Å². The molecule has 7 nitrogen and oxygen atoms in total.